The van der Waals surface area contributed by atoms with Crippen molar-refractivity contribution in [2.45, 2.75) is 27.4 Å². The molecule has 0 radical (unpaired) electrons. The molecule has 98 valence electrons. The highest BCUT2D eigenvalue weighted by atomic mass is 19.1. The van der Waals surface area contributed by atoms with Crippen molar-refractivity contribution >= 4 is 6.72 Å². The summed E-state index contributed by atoms with van der Waals surface area (Å²) in [6, 6.07) is 6.11. The lowest BCUT2D eigenvalue weighted by atomic mass is 10.2. The Morgan fingerprint density at radius 2 is 1.89 bits per heavy atom. The molecule has 2 nitrogen and oxygen atoms in total. The van der Waals surface area contributed by atoms with Crippen molar-refractivity contribution in [3.63, 3.8) is 0 Å². The van der Waals surface area contributed by atoms with Crippen molar-refractivity contribution in [3.05, 3.63) is 59.8 Å². The van der Waals surface area contributed by atoms with Crippen molar-refractivity contribution in [3.8, 4) is 0 Å². The molecule has 0 atom stereocenters. The molecule has 18 heavy (non-hydrogen) atoms. The molecule has 1 aromatic carbocycles. The molecule has 0 aromatic heterocycles. The van der Waals surface area contributed by atoms with E-state index in [0.29, 0.717) is 12.5 Å². The SMILES string of the molecule is C=N/C(=C\C(=C)C)OCc1ccc(F)cc1.CC. The lowest BCUT2D eigenvalue weighted by Gasteiger charge is -2.06. The van der Waals surface area contributed by atoms with Crippen LogP contribution >= 0.6 is 0 Å². The molecule has 0 spiro atoms. The third-order valence-corrected chi connectivity index (χ3v) is 1.83. The first-order valence-corrected chi connectivity index (χ1v) is 5.83. The maximum Gasteiger partial charge on any atom is 0.213 e. The number of hydrogen-bond donors (Lipinski definition) is 0. The van der Waals surface area contributed by atoms with Gasteiger partial charge in [-0.3, -0.25) is 0 Å². The first-order chi connectivity index (χ1) is 8.61. The first kappa shape index (κ1) is 16.1. The third kappa shape index (κ3) is 6.63. The van der Waals surface area contributed by atoms with E-state index < -0.39 is 0 Å². The van der Waals surface area contributed by atoms with Crippen LogP contribution in [0.5, 0.6) is 0 Å². The molecule has 0 saturated heterocycles. The summed E-state index contributed by atoms with van der Waals surface area (Å²) in [6.07, 6.45) is 1.69. The molecule has 0 amide bonds. The molecular formula is C15H20FNO. The number of hydrogen-bond acceptors (Lipinski definition) is 2. The quantitative estimate of drug-likeness (QED) is 0.428. The van der Waals surface area contributed by atoms with Crippen LogP contribution in [0.3, 0.4) is 0 Å². The molecule has 3 heteroatoms. The minimum absolute atomic E-state index is 0.261. The number of allylic oxidation sites excluding steroid dienone is 2. The molecule has 0 unspecified atom stereocenters. The number of aliphatic imine (C=N–C) groups is 1. The Balaban J connectivity index is 0.00000137. The highest BCUT2D eigenvalue weighted by Gasteiger charge is 1.97. The van der Waals surface area contributed by atoms with Gasteiger partial charge in [-0.15, -0.1) is 0 Å². The van der Waals surface area contributed by atoms with Crippen LogP contribution in [0.25, 0.3) is 0 Å². The van der Waals surface area contributed by atoms with E-state index in [4.69, 9.17) is 4.74 Å². The zero-order valence-electron chi connectivity index (χ0n) is 11.2. The minimum Gasteiger partial charge on any atom is -0.473 e. The standard InChI is InChI=1S/C13H14FNO.C2H6/c1-10(2)8-13(15-3)16-9-11-4-6-12(14)7-5-11;1-2/h4-8H,1,3,9H2,2H3;1-2H3/b13-8+;. The predicted octanol–water partition coefficient (Wildman–Crippen LogP) is 4.49. The Bertz CT molecular complexity index is 407. The number of ether oxygens (including phenoxy) is 1. The summed E-state index contributed by atoms with van der Waals surface area (Å²) in [4.78, 5) is 3.71. The zero-order valence-corrected chi connectivity index (χ0v) is 11.2. The van der Waals surface area contributed by atoms with E-state index in [2.05, 4.69) is 18.3 Å². The van der Waals surface area contributed by atoms with Crippen molar-refractivity contribution in [1.82, 2.24) is 0 Å². The molecule has 0 N–H and O–H groups in total. The Hall–Kier alpha value is -1.90. The maximum absolute atomic E-state index is 12.6. The Labute approximate surface area is 109 Å². The average Bonchev–Trinajstić information content (AvgIpc) is 2.38. The van der Waals surface area contributed by atoms with E-state index in [1.54, 1.807) is 18.2 Å². The minimum atomic E-state index is -0.261. The van der Waals surface area contributed by atoms with Gasteiger partial charge in [0.2, 0.25) is 5.88 Å². The molecule has 0 fully saturated rings. The van der Waals surface area contributed by atoms with Gasteiger partial charge in [-0.25, -0.2) is 9.38 Å². The topological polar surface area (TPSA) is 21.6 Å². The molecule has 0 bridgehead atoms. The number of benzene rings is 1. The molecule has 0 heterocycles. The third-order valence-electron chi connectivity index (χ3n) is 1.83. The van der Waals surface area contributed by atoms with Crippen LogP contribution in [0.15, 0.2) is 53.4 Å². The largest absolute Gasteiger partial charge is 0.473 e. The summed E-state index contributed by atoms with van der Waals surface area (Å²) in [5.41, 5.74) is 1.71. The van der Waals surface area contributed by atoms with Crippen molar-refractivity contribution in [2.24, 2.45) is 4.99 Å². The van der Waals surface area contributed by atoms with Crippen LogP contribution in [-0.4, -0.2) is 6.72 Å². The van der Waals surface area contributed by atoms with Crippen LogP contribution in [0.4, 0.5) is 4.39 Å². The lowest BCUT2D eigenvalue weighted by molar-refractivity contribution is 0.197. The summed E-state index contributed by atoms with van der Waals surface area (Å²) in [5.74, 6) is 0.153. The van der Waals surface area contributed by atoms with Gasteiger partial charge >= 0.3 is 0 Å². The van der Waals surface area contributed by atoms with Gasteiger partial charge in [0.25, 0.3) is 0 Å². The van der Waals surface area contributed by atoms with E-state index in [-0.39, 0.29) is 5.82 Å². The number of halogens is 1. The van der Waals surface area contributed by atoms with Crippen LogP contribution in [-0.2, 0) is 11.3 Å². The van der Waals surface area contributed by atoms with Gasteiger partial charge in [0.05, 0.1) is 0 Å². The second kappa shape index (κ2) is 9.16. The van der Waals surface area contributed by atoms with Crippen molar-refractivity contribution in [2.75, 3.05) is 0 Å². The van der Waals surface area contributed by atoms with Gasteiger partial charge in [-0.1, -0.05) is 38.1 Å². The second-order valence-electron chi connectivity index (χ2n) is 3.40. The first-order valence-electron chi connectivity index (χ1n) is 5.83. The van der Waals surface area contributed by atoms with Gasteiger partial charge < -0.3 is 4.74 Å². The van der Waals surface area contributed by atoms with Crippen molar-refractivity contribution in [1.29, 1.82) is 0 Å². The molecule has 0 aliphatic carbocycles. The Morgan fingerprint density at radius 3 is 2.33 bits per heavy atom. The van der Waals surface area contributed by atoms with Gasteiger partial charge in [-0.2, -0.15) is 0 Å². The van der Waals surface area contributed by atoms with Gasteiger partial charge in [0.15, 0.2) is 0 Å². The van der Waals surface area contributed by atoms with E-state index in [9.17, 15) is 4.39 Å². The molecule has 1 rings (SSSR count). The summed E-state index contributed by atoms with van der Waals surface area (Å²) in [6.45, 7) is 13.3. The van der Waals surface area contributed by atoms with Gasteiger partial charge in [-0.05, 0) is 31.3 Å². The van der Waals surface area contributed by atoms with E-state index in [1.807, 2.05) is 20.8 Å². The monoisotopic (exact) mass is 249 g/mol. The molecule has 0 aliphatic heterocycles. The highest BCUT2D eigenvalue weighted by Crippen LogP contribution is 2.09. The lowest BCUT2D eigenvalue weighted by Crippen LogP contribution is -1.92. The summed E-state index contributed by atoms with van der Waals surface area (Å²) < 4.78 is 18.0. The van der Waals surface area contributed by atoms with Crippen LogP contribution in [0.1, 0.15) is 26.3 Å². The molecule has 1 aromatic rings. The van der Waals surface area contributed by atoms with E-state index >= 15 is 0 Å². The predicted molar refractivity (Wildman–Crippen MR) is 75.0 cm³/mol. The van der Waals surface area contributed by atoms with E-state index in [0.717, 1.165) is 11.1 Å². The zero-order chi connectivity index (χ0) is 14.0. The fourth-order valence-electron chi connectivity index (χ4n) is 1.08. The average molecular weight is 249 g/mol. The summed E-state index contributed by atoms with van der Waals surface area (Å²) >= 11 is 0. The summed E-state index contributed by atoms with van der Waals surface area (Å²) in [7, 11) is 0. The molecule has 0 aliphatic rings. The fourth-order valence-corrected chi connectivity index (χ4v) is 1.08. The fraction of sp³-hybridized carbons (Fsp3) is 0.267. The molecular weight excluding hydrogens is 229 g/mol. The number of nitrogens with zero attached hydrogens (tertiary/aromatic N) is 1. The molecule has 0 saturated carbocycles. The van der Waals surface area contributed by atoms with Crippen LogP contribution in [0, 0.1) is 5.82 Å². The van der Waals surface area contributed by atoms with Crippen LogP contribution < -0.4 is 0 Å². The van der Waals surface area contributed by atoms with E-state index in [1.165, 1.54) is 12.1 Å². The highest BCUT2D eigenvalue weighted by molar-refractivity contribution is 5.29. The maximum atomic E-state index is 12.6. The smallest absolute Gasteiger partial charge is 0.213 e. The number of rotatable bonds is 5. The normalized spacial score (nSPS) is 10.1. The Morgan fingerprint density at radius 1 is 1.33 bits per heavy atom. The second-order valence-corrected chi connectivity index (χ2v) is 3.40. The van der Waals surface area contributed by atoms with Gasteiger partial charge in [0, 0.05) is 6.08 Å². The Kier molecular flexibility index (Phi) is 8.20. The van der Waals surface area contributed by atoms with Gasteiger partial charge in [0.1, 0.15) is 12.4 Å². The van der Waals surface area contributed by atoms with Crippen molar-refractivity contribution < 1.29 is 9.13 Å². The summed E-state index contributed by atoms with van der Waals surface area (Å²) in [5, 5.41) is 0. The van der Waals surface area contributed by atoms with Crippen LogP contribution in [0.2, 0.25) is 0 Å².